The lowest BCUT2D eigenvalue weighted by molar-refractivity contribution is 0.301. The number of para-hydroxylation sites is 1. The minimum atomic E-state index is -0.395. The number of nitrogens with zero attached hydrogens (tertiary/aromatic N) is 2. The van der Waals surface area contributed by atoms with Crippen LogP contribution in [0.25, 0.3) is 0 Å². The SMILES string of the molecule is COc1ccccc1CCCC(CNC(C)(C)/C(C)=N/O)CNC(C)(C)/C(C)=N/O. The van der Waals surface area contributed by atoms with Crippen molar-refractivity contribution in [1.82, 2.24) is 10.6 Å². The van der Waals surface area contributed by atoms with Gasteiger partial charge in [0.15, 0.2) is 0 Å². The fourth-order valence-corrected chi connectivity index (χ4v) is 3.07. The molecule has 30 heavy (non-hydrogen) atoms. The summed E-state index contributed by atoms with van der Waals surface area (Å²) < 4.78 is 5.47. The molecule has 1 aromatic carbocycles. The van der Waals surface area contributed by atoms with Crippen molar-refractivity contribution in [1.29, 1.82) is 0 Å². The number of hydrogen-bond donors (Lipinski definition) is 4. The summed E-state index contributed by atoms with van der Waals surface area (Å²) in [5.74, 6) is 1.27. The van der Waals surface area contributed by atoms with Crippen LogP contribution in [0.1, 0.15) is 59.9 Å². The maximum absolute atomic E-state index is 9.14. The summed E-state index contributed by atoms with van der Waals surface area (Å²) in [5.41, 5.74) is 1.71. The molecule has 0 fully saturated rings. The highest BCUT2D eigenvalue weighted by Gasteiger charge is 2.26. The molecule has 0 saturated heterocycles. The van der Waals surface area contributed by atoms with Gasteiger partial charge >= 0.3 is 0 Å². The van der Waals surface area contributed by atoms with E-state index in [2.05, 4.69) is 27.0 Å². The molecular weight excluding hydrogens is 380 g/mol. The topological polar surface area (TPSA) is 98.5 Å². The Morgan fingerprint density at radius 1 is 0.967 bits per heavy atom. The smallest absolute Gasteiger partial charge is 0.122 e. The van der Waals surface area contributed by atoms with Crippen LogP contribution in [0.3, 0.4) is 0 Å². The van der Waals surface area contributed by atoms with E-state index in [-0.39, 0.29) is 0 Å². The van der Waals surface area contributed by atoms with Crippen molar-refractivity contribution in [2.24, 2.45) is 16.2 Å². The summed E-state index contributed by atoms with van der Waals surface area (Å²) in [4.78, 5) is 0. The van der Waals surface area contributed by atoms with Gasteiger partial charge in [0.1, 0.15) is 5.75 Å². The Balaban J connectivity index is 2.78. The highest BCUT2D eigenvalue weighted by Crippen LogP contribution is 2.21. The van der Waals surface area contributed by atoms with Gasteiger partial charge in [0.2, 0.25) is 0 Å². The van der Waals surface area contributed by atoms with Crippen LogP contribution in [0.5, 0.6) is 5.75 Å². The monoisotopic (exact) mass is 420 g/mol. The molecule has 0 bridgehead atoms. The first-order valence-corrected chi connectivity index (χ1v) is 10.6. The molecule has 0 aliphatic heterocycles. The zero-order valence-corrected chi connectivity index (χ0v) is 19.6. The van der Waals surface area contributed by atoms with Crippen molar-refractivity contribution in [3.8, 4) is 5.75 Å². The number of aryl methyl sites for hydroxylation is 1. The first-order chi connectivity index (χ1) is 14.1. The largest absolute Gasteiger partial charge is 0.496 e. The molecule has 170 valence electrons. The van der Waals surface area contributed by atoms with Gasteiger partial charge < -0.3 is 25.8 Å². The first kappa shape index (κ1) is 25.9. The van der Waals surface area contributed by atoms with Crippen LogP contribution in [-0.4, -0.2) is 53.1 Å². The first-order valence-electron chi connectivity index (χ1n) is 10.6. The molecular formula is C23H40N4O3. The van der Waals surface area contributed by atoms with Crippen molar-refractivity contribution in [3.63, 3.8) is 0 Å². The van der Waals surface area contributed by atoms with Gasteiger partial charge in [0.25, 0.3) is 0 Å². The Labute approximate surface area is 181 Å². The molecule has 1 rings (SSSR count). The quantitative estimate of drug-likeness (QED) is 0.219. The van der Waals surface area contributed by atoms with E-state index < -0.39 is 11.1 Å². The number of hydrogen-bond acceptors (Lipinski definition) is 7. The molecule has 0 aliphatic rings. The lowest BCUT2D eigenvalue weighted by Gasteiger charge is -2.31. The third-order valence-electron chi connectivity index (χ3n) is 6.03. The van der Waals surface area contributed by atoms with Gasteiger partial charge in [-0.2, -0.15) is 0 Å². The van der Waals surface area contributed by atoms with Crippen LogP contribution >= 0.6 is 0 Å². The Bertz CT molecular complexity index is 680. The van der Waals surface area contributed by atoms with E-state index in [4.69, 9.17) is 15.2 Å². The predicted molar refractivity (Wildman–Crippen MR) is 123 cm³/mol. The second-order valence-corrected chi connectivity index (χ2v) is 8.95. The summed E-state index contributed by atoms with van der Waals surface area (Å²) in [6.07, 6.45) is 2.98. The third-order valence-corrected chi connectivity index (χ3v) is 6.03. The van der Waals surface area contributed by atoms with Gasteiger partial charge in [-0.25, -0.2) is 0 Å². The van der Waals surface area contributed by atoms with E-state index >= 15 is 0 Å². The van der Waals surface area contributed by atoms with Gasteiger partial charge in [-0.15, -0.1) is 0 Å². The van der Waals surface area contributed by atoms with Crippen molar-refractivity contribution in [2.75, 3.05) is 20.2 Å². The van der Waals surface area contributed by atoms with E-state index in [9.17, 15) is 0 Å². The van der Waals surface area contributed by atoms with Crippen molar-refractivity contribution >= 4 is 11.4 Å². The standard InChI is InChI=1S/C23H40N4O3/c1-17(26-28)22(3,4)24-15-19(16-25-23(5,6)18(2)27-29)11-10-13-20-12-8-9-14-21(20)30-7/h8-9,12,14,19,24-25,28-29H,10-11,13,15-16H2,1-7H3/b26-17+,27-18+. The molecule has 1 aromatic rings. The summed E-state index contributed by atoms with van der Waals surface area (Å²) >= 11 is 0. The molecule has 0 amide bonds. The van der Waals surface area contributed by atoms with Crippen LogP contribution in [0, 0.1) is 5.92 Å². The van der Waals surface area contributed by atoms with Gasteiger partial charge in [-0.3, -0.25) is 0 Å². The van der Waals surface area contributed by atoms with Gasteiger partial charge in [0, 0.05) is 13.1 Å². The minimum Gasteiger partial charge on any atom is -0.496 e. The van der Waals surface area contributed by atoms with Crippen LogP contribution in [0.4, 0.5) is 0 Å². The van der Waals surface area contributed by atoms with Gasteiger partial charge in [0.05, 0.1) is 29.6 Å². The predicted octanol–water partition coefficient (Wildman–Crippen LogP) is 4.07. The average molecular weight is 421 g/mol. The van der Waals surface area contributed by atoms with Gasteiger partial charge in [-0.05, 0) is 78.4 Å². The molecule has 0 unspecified atom stereocenters. The summed E-state index contributed by atoms with van der Waals surface area (Å²) in [6.45, 7) is 13.2. The molecule has 0 aliphatic carbocycles. The second kappa shape index (κ2) is 11.9. The van der Waals surface area contributed by atoms with E-state index in [0.717, 1.165) is 38.1 Å². The highest BCUT2D eigenvalue weighted by molar-refractivity contribution is 5.90. The molecule has 0 aromatic heterocycles. The number of ether oxygens (including phenoxy) is 1. The van der Waals surface area contributed by atoms with Crippen LogP contribution < -0.4 is 15.4 Å². The van der Waals surface area contributed by atoms with E-state index in [1.807, 2.05) is 59.7 Å². The van der Waals surface area contributed by atoms with E-state index in [0.29, 0.717) is 17.3 Å². The van der Waals surface area contributed by atoms with Gasteiger partial charge in [-0.1, -0.05) is 28.5 Å². The second-order valence-electron chi connectivity index (χ2n) is 8.95. The average Bonchev–Trinajstić information content (AvgIpc) is 2.74. The molecule has 0 saturated carbocycles. The summed E-state index contributed by atoms with van der Waals surface area (Å²) in [6, 6.07) is 8.13. The Morgan fingerprint density at radius 2 is 1.47 bits per heavy atom. The minimum absolute atomic E-state index is 0.344. The lowest BCUT2D eigenvalue weighted by Crippen LogP contribution is -2.51. The zero-order chi connectivity index (χ0) is 22.8. The summed E-state index contributed by atoms with van der Waals surface area (Å²) in [5, 5.41) is 32.0. The Hall–Kier alpha value is -2.12. The van der Waals surface area contributed by atoms with Crippen molar-refractivity contribution in [2.45, 2.75) is 71.9 Å². The molecule has 7 nitrogen and oxygen atoms in total. The Morgan fingerprint density at radius 3 is 1.93 bits per heavy atom. The van der Waals surface area contributed by atoms with Crippen LogP contribution in [-0.2, 0) is 6.42 Å². The molecule has 4 N–H and O–H groups in total. The highest BCUT2D eigenvalue weighted by atomic mass is 16.5. The molecule has 0 heterocycles. The maximum atomic E-state index is 9.14. The molecule has 0 atom stereocenters. The fourth-order valence-electron chi connectivity index (χ4n) is 3.07. The molecule has 7 heteroatoms. The van der Waals surface area contributed by atoms with Crippen LogP contribution in [0.2, 0.25) is 0 Å². The third kappa shape index (κ3) is 7.95. The Kier molecular flexibility index (Phi) is 10.3. The van der Waals surface area contributed by atoms with Crippen molar-refractivity contribution < 1.29 is 15.2 Å². The van der Waals surface area contributed by atoms with E-state index in [1.54, 1.807) is 7.11 Å². The summed E-state index contributed by atoms with van der Waals surface area (Å²) in [7, 11) is 1.70. The number of methoxy groups -OCH3 is 1. The number of nitrogens with one attached hydrogen (secondary N) is 2. The van der Waals surface area contributed by atoms with Crippen molar-refractivity contribution in [3.05, 3.63) is 29.8 Å². The van der Waals surface area contributed by atoms with E-state index in [1.165, 1.54) is 5.56 Å². The number of rotatable bonds is 13. The number of benzene rings is 1. The maximum Gasteiger partial charge on any atom is 0.122 e. The normalized spacial score (nSPS) is 13.7. The molecule has 0 spiro atoms. The lowest BCUT2D eigenvalue weighted by atomic mass is 9.93. The number of oxime groups is 2. The van der Waals surface area contributed by atoms with Crippen LogP contribution in [0.15, 0.2) is 34.6 Å². The molecule has 0 radical (unpaired) electrons. The zero-order valence-electron chi connectivity index (χ0n) is 19.6. The fraction of sp³-hybridized carbons (Fsp3) is 0.652.